The van der Waals surface area contributed by atoms with Gasteiger partial charge in [-0.15, -0.1) is 11.8 Å². The number of thioether (sulfide) groups is 2. The molecule has 0 saturated heterocycles. The third-order valence-electron chi connectivity index (χ3n) is 4.46. The summed E-state index contributed by atoms with van der Waals surface area (Å²) in [7, 11) is 3.88. The molecule has 0 aliphatic carbocycles. The van der Waals surface area contributed by atoms with Gasteiger partial charge in [-0.05, 0) is 44.1 Å². The van der Waals surface area contributed by atoms with Crippen LogP contribution in [0, 0.1) is 13.8 Å². The Morgan fingerprint density at radius 1 is 1.28 bits per heavy atom. The van der Waals surface area contributed by atoms with Crippen LogP contribution in [0.1, 0.15) is 55.2 Å². The summed E-state index contributed by atoms with van der Waals surface area (Å²) in [5.41, 5.74) is 3.77. The van der Waals surface area contributed by atoms with Gasteiger partial charge in [0.15, 0.2) is 0 Å². The van der Waals surface area contributed by atoms with Crippen molar-refractivity contribution in [3.8, 4) is 11.5 Å². The van der Waals surface area contributed by atoms with Gasteiger partial charge in [-0.25, -0.2) is 0 Å². The van der Waals surface area contributed by atoms with Crippen LogP contribution in [0.5, 0.6) is 11.5 Å². The Morgan fingerprint density at radius 3 is 2.40 bits per heavy atom. The fourth-order valence-electron chi connectivity index (χ4n) is 3.10. The number of benzene rings is 1. The number of hydrogen-bond donors (Lipinski definition) is 1. The van der Waals surface area contributed by atoms with E-state index in [1.165, 1.54) is 0 Å². The van der Waals surface area contributed by atoms with Crippen LogP contribution in [0.15, 0.2) is 0 Å². The Bertz CT molecular complexity index is 684. The predicted molar refractivity (Wildman–Crippen MR) is 115 cm³/mol. The van der Waals surface area contributed by atoms with E-state index in [-0.39, 0.29) is 10.9 Å². The van der Waals surface area contributed by atoms with Gasteiger partial charge in [-0.3, -0.25) is 0 Å². The number of phenolic OH excluding ortho intramolecular Hbond substituents is 1. The second-order valence-corrected chi connectivity index (χ2v) is 10.8. The van der Waals surface area contributed by atoms with Gasteiger partial charge in [-0.1, -0.05) is 37.8 Å². The van der Waals surface area contributed by atoms with Gasteiger partial charge in [0, 0.05) is 31.0 Å². The Labute approximate surface area is 165 Å². The molecule has 25 heavy (non-hydrogen) atoms. The van der Waals surface area contributed by atoms with Crippen molar-refractivity contribution in [2.75, 3.05) is 14.1 Å². The molecule has 140 valence electrons. The van der Waals surface area contributed by atoms with Gasteiger partial charge in [0.25, 0.3) is 0 Å². The highest BCUT2D eigenvalue weighted by atomic mass is 32.2. The Hall–Kier alpha value is -0.590. The summed E-state index contributed by atoms with van der Waals surface area (Å²) in [6.45, 7) is 12.7. The summed E-state index contributed by atoms with van der Waals surface area (Å²) in [5, 5.41) is 11.6. The molecule has 0 bridgehead atoms. The zero-order valence-corrected chi connectivity index (χ0v) is 18.8. The molecule has 2 rings (SSSR count). The highest BCUT2D eigenvalue weighted by Gasteiger charge is 2.45. The number of hydrogen-bond acceptors (Lipinski definition) is 5. The summed E-state index contributed by atoms with van der Waals surface area (Å²) in [4.78, 5) is 1.92. The molecule has 1 N–H and O–H groups in total. The highest BCUT2D eigenvalue weighted by Crippen LogP contribution is 2.56. The van der Waals surface area contributed by atoms with Crippen molar-refractivity contribution < 1.29 is 9.84 Å². The lowest BCUT2D eigenvalue weighted by molar-refractivity contribution is 0.134. The molecule has 0 amide bonds. The number of rotatable bonds is 4. The normalized spacial score (nSPS) is 18.2. The molecular weight excluding hydrogens is 370 g/mol. The smallest absolute Gasteiger partial charge is 0.136 e. The lowest BCUT2D eigenvalue weighted by atomic mass is 9.93. The van der Waals surface area contributed by atoms with Crippen LogP contribution in [0.3, 0.4) is 0 Å². The molecule has 1 heterocycles. The maximum absolute atomic E-state index is 10.9. The Balaban J connectivity index is 2.47. The fraction of sp³-hybridized carbons (Fsp3) is 0.632. The van der Waals surface area contributed by atoms with Gasteiger partial charge in [0.1, 0.15) is 21.4 Å². The average Bonchev–Trinajstić information content (AvgIpc) is 2.76. The van der Waals surface area contributed by atoms with E-state index in [0.717, 1.165) is 32.3 Å². The molecular formula is C19H29NO2S3. The summed E-state index contributed by atoms with van der Waals surface area (Å²) in [6, 6.07) is 0. The third kappa shape index (κ3) is 4.06. The van der Waals surface area contributed by atoms with Crippen molar-refractivity contribution in [3.05, 3.63) is 22.3 Å². The molecule has 3 nitrogen and oxygen atoms in total. The topological polar surface area (TPSA) is 32.7 Å². The van der Waals surface area contributed by atoms with Crippen molar-refractivity contribution >= 4 is 40.1 Å². The maximum atomic E-state index is 10.9. The van der Waals surface area contributed by atoms with E-state index in [4.69, 9.17) is 17.0 Å². The van der Waals surface area contributed by atoms with Crippen LogP contribution in [0.2, 0.25) is 0 Å². The fourth-order valence-corrected chi connectivity index (χ4v) is 5.49. The zero-order valence-electron chi connectivity index (χ0n) is 16.4. The molecule has 0 saturated carbocycles. The minimum Gasteiger partial charge on any atom is -0.507 e. The van der Waals surface area contributed by atoms with Crippen molar-refractivity contribution in [2.24, 2.45) is 0 Å². The summed E-state index contributed by atoms with van der Waals surface area (Å²) in [5.74, 6) is 1.99. The van der Waals surface area contributed by atoms with Crippen LogP contribution < -0.4 is 4.74 Å². The SMILES string of the molecule is Cc1c(CSC(=S)N(C)C)c(O)c(C)c2c1OC(C)(C)C2SC(C)C. The van der Waals surface area contributed by atoms with Gasteiger partial charge < -0.3 is 14.7 Å². The zero-order chi connectivity index (χ0) is 19.1. The molecule has 1 aliphatic rings. The van der Waals surface area contributed by atoms with Crippen molar-refractivity contribution in [1.29, 1.82) is 0 Å². The Kier molecular flexibility index (Phi) is 6.27. The second kappa shape index (κ2) is 7.57. The number of ether oxygens (including phenoxy) is 1. The van der Waals surface area contributed by atoms with Gasteiger partial charge in [0.05, 0.1) is 5.25 Å². The summed E-state index contributed by atoms with van der Waals surface area (Å²) in [6.07, 6.45) is 0. The second-order valence-electron chi connectivity index (χ2n) is 7.54. The third-order valence-corrected chi connectivity index (χ3v) is 7.84. The molecule has 0 aromatic heterocycles. The monoisotopic (exact) mass is 399 g/mol. The molecule has 1 atom stereocenters. The number of aromatic hydroxyl groups is 1. The lowest BCUT2D eigenvalue weighted by Crippen LogP contribution is -2.29. The minimum atomic E-state index is -0.288. The van der Waals surface area contributed by atoms with Crippen molar-refractivity contribution in [2.45, 2.75) is 63.4 Å². The molecule has 0 fully saturated rings. The van der Waals surface area contributed by atoms with E-state index in [2.05, 4.69) is 27.7 Å². The lowest BCUT2D eigenvalue weighted by Gasteiger charge is -2.27. The van der Waals surface area contributed by atoms with Gasteiger partial charge in [-0.2, -0.15) is 0 Å². The number of thiocarbonyl (C=S) groups is 1. The van der Waals surface area contributed by atoms with E-state index in [9.17, 15) is 5.11 Å². The maximum Gasteiger partial charge on any atom is 0.136 e. The molecule has 1 unspecified atom stereocenters. The van der Waals surface area contributed by atoms with E-state index < -0.39 is 0 Å². The first-order chi connectivity index (χ1) is 11.5. The van der Waals surface area contributed by atoms with Crippen LogP contribution in [0.25, 0.3) is 0 Å². The molecule has 1 aromatic carbocycles. The van der Waals surface area contributed by atoms with E-state index in [0.29, 0.717) is 16.8 Å². The van der Waals surface area contributed by atoms with Crippen LogP contribution >= 0.6 is 35.7 Å². The number of fused-ring (bicyclic) bond motifs is 1. The molecule has 1 aromatic rings. The average molecular weight is 400 g/mol. The largest absolute Gasteiger partial charge is 0.507 e. The molecule has 0 radical (unpaired) electrons. The Morgan fingerprint density at radius 2 is 1.88 bits per heavy atom. The highest BCUT2D eigenvalue weighted by molar-refractivity contribution is 8.22. The number of phenols is 1. The van der Waals surface area contributed by atoms with E-state index >= 15 is 0 Å². The predicted octanol–water partition coefficient (Wildman–Crippen LogP) is 5.44. The van der Waals surface area contributed by atoms with E-state index in [1.54, 1.807) is 11.8 Å². The number of nitrogens with zero attached hydrogens (tertiary/aromatic N) is 1. The van der Waals surface area contributed by atoms with Crippen LogP contribution in [0.4, 0.5) is 0 Å². The minimum absolute atomic E-state index is 0.219. The van der Waals surface area contributed by atoms with Crippen molar-refractivity contribution in [1.82, 2.24) is 4.90 Å². The first kappa shape index (κ1) is 20.7. The summed E-state index contributed by atoms with van der Waals surface area (Å²) >= 11 is 8.84. The van der Waals surface area contributed by atoms with Crippen LogP contribution in [-0.2, 0) is 5.75 Å². The van der Waals surface area contributed by atoms with Gasteiger partial charge in [0.2, 0.25) is 0 Å². The summed E-state index contributed by atoms with van der Waals surface area (Å²) < 4.78 is 7.20. The molecule has 1 aliphatic heterocycles. The standard InChI is InChI=1S/C19H29NO2S3/c1-10(2)25-17-14-12(4)15(21)13(9-24-18(23)20(7)8)11(3)16(14)22-19(17,5)6/h10,17,21H,9H2,1-8H3. The van der Waals surface area contributed by atoms with Crippen molar-refractivity contribution in [3.63, 3.8) is 0 Å². The first-order valence-corrected chi connectivity index (χ1v) is 10.8. The molecule has 6 heteroatoms. The van der Waals surface area contributed by atoms with Gasteiger partial charge >= 0.3 is 0 Å². The van der Waals surface area contributed by atoms with E-state index in [1.807, 2.05) is 44.6 Å². The quantitative estimate of drug-likeness (QED) is 0.679. The first-order valence-electron chi connectivity index (χ1n) is 8.50. The molecule has 0 spiro atoms. The van der Waals surface area contributed by atoms with Crippen LogP contribution in [-0.4, -0.2) is 39.3 Å².